The Balaban J connectivity index is 1.95. The zero-order chi connectivity index (χ0) is 22.1. The number of carbonyl (C=O) groups excluding carboxylic acids is 2. The van der Waals surface area contributed by atoms with Gasteiger partial charge in [-0.1, -0.05) is 34.1 Å². The fourth-order valence-electron chi connectivity index (χ4n) is 3.51. The van der Waals surface area contributed by atoms with Gasteiger partial charge in [-0.25, -0.2) is 0 Å². The number of hydrogen-bond donors (Lipinski definition) is 1. The molecule has 31 heavy (non-hydrogen) atoms. The molecule has 8 nitrogen and oxygen atoms in total. The van der Waals surface area contributed by atoms with Crippen LogP contribution in [-0.2, 0) is 9.59 Å². The first-order valence-corrected chi connectivity index (χ1v) is 9.89. The van der Waals surface area contributed by atoms with Gasteiger partial charge in [-0.2, -0.15) is 0 Å². The maximum absolute atomic E-state index is 13.0. The maximum Gasteiger partial charge on any atom is 0.300 e. The number of hydrogen-bond acceptors (Lipinski definition) is 6. The quantitative estimate of drug-likeness (QED) is 0.195. The number of nitrogens with zero attached hydrogens (tertiary/aromatic N) is 3. The van der Waals surface area contributed by atoms with Crippen LogP contribution in [0.25, 0.3) is 5.76 Å². The van der Waals surface area contributed by atoms with E-state index in [-0.39, 0.29) is 16.8 Å². The Labute approximate surface area is 184 Å². The van der Waals surface area contributed by atoms with Gasteiger partial charge < -0.3 is 5.11 Å². The van der Waals surface area contributed by atoms with E-state index in [2.05, 4.69) is 20.9 Å². The van der Waals surface area contributed by atoms with Gasteiger partial charge in [0.1, 0.15) is 5.76 Å². The lowest BCUT2D eigenvalue weighted by molar-refractivity contribution is -0.384. The van der Waals surface area contributed by atoms with Gasteiger partial charge in [-0.15, -0.1) is 0 Å². The van der Waals surface area contributed by atoms with Gasteiger partial charge in [0.05, 0.1) is 16.5 Å². The molecule has 1 N–H and O–H groups in total. The van der Waals surface area contributed by atoms with Crippen LogP contribution in [0.2, 0.25) is 0 Å². The van der Waals surface area contributed by atoms with Crippen molar-refractivity contribution in [1.82, 2.24) is 4.98 Å². The highest BCUT2D eigenvalue weighted by Crippen LogP contribution is 2.42. The Morgan fingerprint density at radius 3 is 2.45 bits per heavy atom. The molecule has 1 aromatic heterocycles. The standard InChI is InChI=1S/C22H14BrN3O5/c23-15-4-2-5-16(12-15)25-19(13-7-9-24-10-8-13)18(21(28)22(25)29)20(27)14-3-1-6-17(11-14)26(30)31/h1-12,19,27H/b20-18-. The Morgan fingerprint density at radius 1 is 1.06 bits per heavy atom. The third-order valence-electron chi connectivity index (χ3n) is 4.88. The topological polar surface area (TPSA) is 114 Å². The third kappa shape index (κ3) is 3.71. The van der Waals surface area contributed by atoms with Crippen LogP contribution >= 0.6 is 15.9 Å². The molecule has 1 fully saturated rings. The van der Waals surface area contributed by atoms with Gasteiger partial charge in [0, 0.05) is 40.2 Å². The minimum Gasteiger partial charge on any atom is -0.507 e. The molecule has 3 aromatic rings. The molecular weight excluding hydrogens is 466 g/mol. The largest absolute Gasteiger partial charge is 0.507 e. The number of pyridine rings is 1. The first-order chi connectivity index (χ1) is 14.9. The molecule has 4 rings (SSSR count). The van der Waals surface area contributed by atoms with E-state index in [9.17, 15) is 24.8 Å². The molecular formula is C22H14BrN3O5. The van der Waals surface area contributed by atoms with Gasteiger partial charge in [0.2, 0.25) is 0 Å². The summed E-state index contributed by atoms with van der Waals surface area (Å²) >= 11 is 3.36. The summed E-state index contributed by atoms with van der Waals surface area (Å²) in [6.07, 6.45) is 3.04. The number of anilines is 1. The number of halogens is 1. The van der Waals surface area contributed by atoms with Crippen molar-refractivity contribution in [2.24, 2.45) is 0 Å². The number of aliphatic hydroxyl groups is 1. The van der Waals surface area contributed by atoms with E-state index in [0.29, 0.717) is 15.7 Å². The van der Waals surface area contributed by atoms with Gasteiger partial charge in [-0.05, 0) is 35.9 Å². The Hall–Kier alpha value is -3.85. The smallest absolute Gasteiger partial charge is 0.300 e. The number of rotatable bonds is 4. The highest BCUT2D eigenvalue weighted by molar-refractivity contribution is 9.10. The minimum absolute atomic E-state index is 0.0699. The molecule has 1 aliphatic rings. The molecule has 1 amide bonds. The number of nitro benzene ring substituents is 1. The van der Waals surface area contributed by atoms with E-state index in [1.165, 1.54) is 35.5 Å². The van der Waals surface area contributed by atoms with Crippen LogP contribution in [0.4, 0.5) is 11.4 Å². The van der Waals surface area contributed by atoms with Gasteiger partial charge in [0.25, 0.3) is 17.4 Å². The predicted molar refractivity (Wildman–Crippen MR) is 116 cm³/mol. The van der Waals surface area contributed by atoms with Crippen LogP contribution in [0.15, 0.2) is 83.1 Å². The van der Waals surface area contributed by atoms with Crippen LogP contribution in [0.5, 0.6) is 0 Å². The normalized spacial score (nSPS) is 17.7. The second-order valence-corrected chi connectivity index (χ2v) is 7.65. The zero-order valence-electron chi connectivity index (χ0n) is 15.8. The molecule has 1 unspecified atom stereocenters. The molecule has 2 aromatic carbocycles. The van der Waals surface area contributed by atoms with Crippen molar-refractivity contribution in [3.05, 3.63) is 104 Å². The van der Waals surface area contributed by atoms with Crippen LogP contribution < -0.4 is 4.90 Å². The van der Waals surface area contributed by atoms with E-state index in [1.54, 1.807) is 36.4 Å². The van der Waals surface area contributed by atoms with Gasteiger partial charge in [0.15, 0.2) is 0 Å². The van der Waals surface area contributed by atoms with Crippen molar-refractivity contribution < 1.29 is 19.6 Å². The lowest BCUT2D eigenvalue weighted by Gasteiger charge is -2.25. The Morgan fingerprint density at radius 2 is 1.77 bits per heavy atom. The number of amides is 1. The van der Waals surface area contributed by atoms with Crippen LogP contribution in [0.3, 0.4) is 0 Å². The summed E-state index contributed by atoms with van der Waals surface area (Å²) in [5.41, 5.74) is 0.681. The molecule has 0 radical (unpaired) electrons. The molecule has 0 aliphatic carbocycles. The summed E-state index contributed by atoms with van der Waals surface area (Å²) in [6, 6.07) is 14.5. The lowest BCUT2D eigenvalue weighted by Crippen LogP contribution is -2.29. The van der Waals surface area contributed by atoms with E-state index < -0.39 is 28.4 Å². The summed E-state index contributed by atoms with van der Waals surface area (Å²) in [6.45, 7) is 0. The van der Waals surface area contributed by atoms with E-state index in [1.807, 2.05) is 0 Å². The molecule has 1 atom stereocenters. The number of Topliss-reactive ketones (excluding diaryl/α,β-unsaturated/α-hetero) is 1. The lowest BCUT2D eigenvalue weighted by atomic mass is 9.95. The fourth-order valence-corrected chi connectivity index (χ4v) is 3.90. The molecule has 1 saturated heterocycles. The second kappa shape index (κ2) is 8.11. The van der Waals surface area contributed by atoms with E-state index in [4.69, 9.17) is 0 Å². The number of ketones is 1. The van der Waals surface area contributed by atoms with Crippen LogP contribution in [0.1, 0.15) is 17.2 Å². The van der Waals surface area contributed by atoms with Crippen molar-refractivity contribution in [2.45, 2.75) is 6.04 Å². The molecule has 1 aliphatic heterocycles. The van der Waals surface area contributed by atoms with Crippen LogP contribution in [-0.4, -0.2) is 26.7 Å². The summed E-state index contributed by atoms with van der Waals surface area (Å²) in [5.74, 6) is -2.18. The van der Waals surface area contributed by atoms with Crippen molar-refractivity contribution in [3.63, 3.8) is 0 Å². The number of nitro groups is 1. The zero-order valence-corrected chi connectivity index (χ0v) is 17.4. The molecule has 2 heterocycles. The van der Waals surface area contributed by atoms with E-state index >= 15 is 0 Å². The van der Waals surface area contributed by atoms with Crippen molar-refractivity contribution in [2.75, 3.05) is 4.90 Å². The van der Waals surface area contributed by atoms with Crippen molar-refractivity contribution >= 4 is 44.8 Å². The highest BCUT2D eigenvalue weighted by atomic mass is 79.9. The number of non-ortho nitro benzene ring substituents is 1. The first-order valence-electron chi connectivity index (χ1n) is 9.10. The molecule has 0 bridgehead atoms. The van der Waals surface area contributed by atoms with Gasteiger partial charge in [-0.3, -0.25) is 29.6 Å². The van der Waals surface area contributed by atoms with Crippen molar-refractivity contribution in [1.29, 1.82) is 0 Å². The molecule has 9 heteroatoms. The van der Waals surface area contributed by atoms with Crippen LogP contribution in [0, 0.1) is 10.1 Å². The number of aromatic nitrogens is 1. The average Bonchev–Trinajstić information content (AvgIpc) is 3.04. The predicted octanol–water partition coefficient (Wildman–Crippen LogP) is 4.38. The van der Waals surface area contributed by atoms with Gasteiger partial charge >= 0.3 is 0 Å². The second-order valence-electron chi connectivity index (χ2n) is 6.74. The molecule has 154 valence electrons. The SMILES string of the molecule is O=C1C(=O)N(c2cccc(Br)c2)C(c2ccncc2)/C1=C(/O)c1cccc([N+](=O)[O-])c1. The maximum atomic E-state index is 13.0. The monoisotopic (exact) mass is 479 g/mol. The summed E-state index contributed by atoms with van der Waals surface area (Å²) in [5, 5.41) is 22.1. The number of benzene rings is 2. The first kappa shape index (κ1) is 20.4. The highest BCUT2D eigenvalue weighted by Gasteiger charge is 2.47. The van der Waals surface area contributed by atoms with Crippen molar-refractivity contribution in [3.8, 4) is 0 Å². The third-order valence-corrected chi connectivity index (χ3v) is 5.38. The average molecular weight is 480 g/mol. The summed E-state index contributed by atoms with van der Waals surface area (Å²) < 4.78 is 0.707. The minimum atomic E-state index is -0.934. The summed E-state index contributed by atoms with van der Waals surface area (Å²) in [4.78, 5) is 41.8. The summed E-state index contributed by atoms with van der Waals surface area (Å²) in [7, 11) is 0. The fraction of sp³-hybridized carbons (Fsp3) is 0.0455. The molecule has 0 saturated carbocycles. The Bertz CT molecular complexity index is 1240. The Kier molecular flexibility index (Phi) is 5.35. The van der Waals surface area contributed by atoms with E-state index in [0.717, 1.165) is 6.07 Å². The number of carbonyl (C=O) groups is 2. The number of aliphatic hydroxyl groups excluding tert-OH is 1. The molecule has 0 spiro atoms.